The largest absolute Gasteiger partial charge is 0.396 e. The van der Waals surface area contributed by atoms with Crippen molar-refractivity contribution in [2.45, 2.75) is 20.3 Å². The highest BCUT2D eigenvalue weighted by Gasteiger charge is 2.16. The van der Waals surface area contributed by atoms with E-state index in [4.69, 9.17) is 10.4 Å². The van der Waals surface area contributed by atoms with Crippen molar-refractivity contribution in [2.75, 3.05) is 6.61 Å². The average Bonchev–Trinajstić information content (AvgIpc) is 2.17. The molecule has 0 aromatic heterocycles. The summed E-state index contributed by atoms with van der Waals surface area (Å²) >= 11 is 0. The molecule has 0 aliphatic carbocycles. The van der Waals surface area contributed by atoms with Crippen LogP contribution in [0.2, 0.25) is 0 Å². The van der Waals surface area contributed by atoms with E-state index in [0.29, 0.717) is 5.56 Å². The van der Waals surface area contributed by atoms with Crippen molar-refractivity contribution in [1.29, 1.82) is 5.26 Å². The molecule has 1 aromatic carbocycles. The number of nitrogens with zero attached hydrogens (tertiary/aromatic N) is 1. The summed E-state index contributed by atoms with van der Waals surface area (Å²) in [5, 5.41) is 17.8. The Morgan fingerprint density at radius 1 is 1.43 bits per heavy atom. The molecule has 0 heterocycles. The van der Waals surface area contributed by atoms with E-state index in [1.165, 1.54) is 0 Å². The second-order valence-corrected chi connectivity index (χ2v) is 4.31. The van der Waals surface area contributed by atoms with E-state index in [-0.39, 0.29) is 12.0 Å². The van der Waals surface area contributed by atoms with Gasteiger partial charge in [0.05, 0.1) is 11.6 Å². The minimum Gasteiger partial charge on any atom is -0.396 e. The summed E-state index contributed by atoms with van der Waals surface area (Å²) in [6.07, 6.45) is 0.791. The van der Waals surface area contributed by atoms with Gasteiger partial charge in [-0.2, -0.15) is 5.26 Å². The van der Waals surface area contributed by atoms with E-state index >= 15 is 0 Å². The van der Waals surface area contributed by atoms with Crippen LogP contribution in [-0.2, 0) is 6.42 Å². The van der Waals surface area contributed by atoms with Gasteiger partial charge in [0.25, 0.3) is 0 Å². The molecule has 0 radical (unpaired) electrons. The number of nitriles is 1. The molecular weight excluding hydrogens is 174 g/mol. The second kappa shape index (κ2) is 4.26. The van der Waals surface area contributed by atoms with Crippen LogP contribution in [0, 0.1) is 16.7 Å². The molecule has 0 aliphatic heterocycles. The van der Waals surface area contributed by atoms with Gasteiger partial charge in [0, 0.05) is 6.61 Å². The van der Waals surface area contributed by atoms with Gasteiger partial charge in [-0.25, -0.2) is 0 Å². The number of hydrogen-bond acceptors (Lipinski definition) is 2. The molecule has 14 heavy (non-hydrogen) atoms. The first-order chi connectivity index (χ1) is 6.57. The summed E-state index contributed by atoms with van der Waals surface area (Å²) in [5.74, 6) is 0. The summed E-state index contributed by atoms with van der Waals surface area (Å²) in [6.45, 7) is 4.17. The highest BCUT2D eigenvalue weighted by Crippen LogP contribution is 2.21. The SMILES string of the molecule is CC(C)(CO)Cc1cccc(C#N)c1. The van der Waals surface area contributed by atoms with Crippen molar-refractivity contribution in [3.05, 3.63) is 35.4 Å². The molecule has 0 aliphatic rings. The lowest BCUT2D eigenvalue weighted by molar-refractivity contribution is 0.159. The van der Waals surface area contributed by atoms with Crippen LogP contribution in [0.3, 0.4) is 0 Å². The van der Waals surface area contributed by atoms with Crippen molar-refractivity contribution in [2.24, 2.45) is 5.41 Å². The standard InChI is InChI=1S/C12H15NO/c1-12(2,9-14)7-10-4-3-5-11(6-10)8-13/h3-6,14H,7,9H2,1-2H3. The first kappa shape index (κ1) is 10.7. The first-order valence-corrected chi connectivity index (χ1v) is 4.67. The monoisotopic (exact) mass is 189 g/mol. The second-order valence-electron chi connectivity index (χ2n) is 4.31. The molecule has 0 amide bonds. The van der Waals surface area contributed by atoms with E-state index in [9.17, 15) is 0 Å². The Balaban J connectivity index is 2.83. The minimum atomic E-state index is -0.117. The van der Waals surface area contributed by atoms with Crippen LogP contribution in [0.15, 0.2) is 24.3 Å². The Bertz CT molecular complexity index is 350. The van der Waals surface area contributed by atoms with Gasteiger partial charge >= 0.3 is 0 Å². The number of aliphatic hydroxyl groups excluding tert-OH is 1. The fraction of sp³-hybridized carbons (Fsp3) is 0.417. The van der Waals surface area contributed by atoms with Crippen LogP contribution < -0.4 is 0 Å². The van der Waals surface area contributed by atoms with E-state index < -0.39 is 0 Å². The van der Waals surface area contributed by atoms with Gasteiger partial charge in [0.1, 0.15) is 0 Å². The Morgan fingerprint density at radius 3 is 2.71 bits per heavy atom. The third-order valence-corrected chi connectivity index (χ3v) is 2.17. The summed E-state index contributed by atoms with van der Waals surface area (Å²) in [7, 11) is 0. The van der Waals surface area contributed by atoms with Gasteiger partial charge in [0.15, 0.2) is 0 Å². The quantitative estimate of drug-likeness (QED) is 0.791. The zero-order valence-electron chi connectivity index (χ0n) is 8.62. The molecule has 0 saturated heterocycles. The summed E-state index contributed by atoms with van der Waals surface area (Å²) in [4.78, 5) is 0. The molecule has 0 bridgehead atoms. The lowest BCUT2D eigenvalue weighted by Gasteiger charge is -2.21. The minimum absolute atomic E-state index is 0.117. The number of rotatable bonds is 3. The molecule has 1 aromatic rings. The Kier molecular flexibility index (Phi) is 3.27. The van der Waals surface area contributed by atoms with Crippen molar-refractivity contribution in [3.8, 4) is 6.07 Å². The van der Waals surface area contributed by atoms with Gasteiger partial charge < -0.3 is 5.11 Å². The van der Waals surface area contributed by atoms with Crippen molar-refractivity contribution in [3.63, 3.8) is 0 Å². The lowest BCUT2D eigenvalue weighted by Crippen LogP contribution is -2.19. The smallest absolute Gasteiger partial charge is 0.0991 e. The Hall–Kier alpha value is -1.33. The molecule has 74 valence electrons. The topological polar surface area (TPSA) is 44.0 Å². The van der Waals surface area contributed by atoms with E-state index in [2.05, 4.69) is 6.07 Å². The number of benzene rings is 1. The fourth-order valence-corrected chi connectivity index (χ4v) is 1.36. The predicted octanol–water partition coefficient (Wildman–Crippen LogP) is 2.12. The van der Waals surface area contributed by atoms with Gasteiger partial charge in [0.2, 0.25) is 0 Å². The predicted molar refractivity (Wildman–Crippen MR) is 55.7 cm³/mol. The Morgan fingerprint density at radius 2 is 2.14 bits per heavy atom. The molecule has 0 saturated carbocycles. The lowest BCUT2D eigenvalue weighted by atomic mass is 9.86. The maximum Gasteiger partial charge on any atom is 0.0991 e. The normalized spacial score (nSPS) is 11.0. The van der Waals surface area contributed by atoms with Crippen molar-refractivity contribution in [1.82, 2.24) is 0 Å². The maximum atomic E-state index is 9.12. The van der Waals surface area contributed by atoms with Crippen LogP contribution >= 0.6 is 0 Å². The van der Waals surface area contributed by atoms with E-state index in [1.54, 1.807) is 6.07 Å². The molecule has 0 fully saturated rings. The van der Waals surface area contributed by atoms with E-state index in [1.807, 2.05) is 32.0 Å². The first-order valence-electron chi connectivity index (χ1n) is 4.67. The highest BCUT2D eigenvalue weighted by atomic mass is 16.3. The molecule has 0 spiro atoms. The molecule has 0 unspecified atom stereocenters. The van der Waals surface area contributed by atoms with Crippen LogP contribution in [0.5, 0.6) is 0 Å². The van der Waals surface area contributed by atoms with E-state index in [0.717, 1.165) is 12.0 Å². The fourth-order valence-electron chi connectivity index (χ4n) is 1.36. The third kappa shape index (κ3) is 2.86. The highest BCUT2D eigenvalue weighted by molar-refractivity contribution is 5.33. The Labute approximate surface area is 84.8 Å². The van der Waals surface area contributed by atoms with Crippen molar-refractivity contribution >= 4 is 0 Å². The molecule has 2 heteroatoms. The van der Waals surface area contributed by atoms with Gasteiger partial charge in [-0.15, -0.1) is 0 Å². The van der Waals surface area contributed by atoms with Crippen LogP contribution in [0.25, 0.3) is 0 Å². The molecule has 1 N–H and O–H groups in total. The van der Waals surface area contributed by atoms with Crippen LogP contribution in [0.1, 0.15) is 25.0 Å². The average molecular weight is 189 g/mol. The van der Waals surface area contributed by atoms with Crippen molar-refractivity contribution < 1.29 is 5.11 Å². The summed E-state index contributed by atoms with van der Waals surface area (Å²) in [6, 6.07) is 9.63. The van der Waals surface area contributed by atoms with Gasteiger partial charge in [-0.3, -0.25) is 0 Å². The molecule has 2 nitrogen and oxygen atoms in total. The number of hydrogen-bond donors (Lipinski definition) is 1. The maximum absolute atomic E-state index is 9.12. The van der Waals surface area contributed by atoms with Crippen LogP contribution in [0.4, 0.5) is 0 Å². The van der Waals surface area contributed by atoms with Gasteiger partial charge in [-0.1, -0.05) is 26.0 Å². The molecule has 1 rings (SSSR count). The zero-order valence-corrected chi connectivity index (χ0v) is 8.62. The third-order valence-electron chi connectivity index (χ3n) is 2.17. The summed E-state index contributed by atoms with van der Waals surface area (Å²) in [5.41, 5.74) is 1.66. The molecular formula is C12H15NO. The number of aliphatic hydroxyl groups is 1. The summed E-state index contributed by atoms with van der Waals surface area (Å²) < 4.78 is 0. The van der Waals surface area contributed by atoms with Gasteiger partial charge in [-0.05, 0) is 29.5 Å². The molecule has 0 atom stereocenters. The zero-order chi connectivity index (χ0) is 10.6. The van der Waals surface area contributed by atoms with Crippen LogP contribution in [-0.4, -0.2) is 11.7 Å².